The molecule has 1 fully saturated rings. The highest BCUT2D eigenvalue weighted by molar-refractivity contribution is 7.90. The number of hydrogen-bond acceptors (Lipinski definition) is 5. The van der Waals surface area contributed by atoms with Gasteiger partial charge in [-0.1, -0.05) is 6.07 Å². The number of anilines is 1. The Morgan fingerprint density at radius 1 is 1.30 bits per heavy atom. The lowest BCUT2D eigenvalue weighted by Crippen LogP contribution is -2.50. The minimum atomic E-state index is -3.74. The van der Waals surface area contributed by atoms with Gasteiger partial charge >= 0.3 is 10.2 Å². The van der Waals surface area contributed by atoms with Crippen molar-refractivity contribution in [1.29, 1.82) is 0 Å². The van der Waals surface area contributed by atoms with Crippen LogP contribution < -0.4 is 14.4 Å². The van der Waals surface area contributed by atoms with Crippen LogP contribution in [0.4, 0.5) is 5.69 Å². The predicted octanol–water partition coefficient (Wildman–Crippen LogP) is 2.19. The Bertz CT molecular complexity index is 935. The molecule has 0 radical (unpaired) electrons. The number of amides is 1. The molecule has 3 rings (SSSR count). The molecule has 30 heavy (non-hydrogen) atoms. The number of carbonyl (C=O) groups excluding carboxylic acids is 1. The first-order valence-electron chi connectivity index (χ1n) is 10.0. The molecule has 2 heterocycles. The summed E-state index contributed by atoms with van der Waals surface area (Å²) in [6.07, 6.45) is 4.69. The van der Waals surface area contributed by atoms with Crippen LogP contribution in [0, 0.1) is 5.92 Å². The molecule has 1 aromatic heterocycles. The lowest BCUT2D eigenvalue weighted by Gasteiger charge is -2.35. The van der Waals surface area contributed by atoms with Gasteiger partial charge in [-0.25, -0.2) is 0 Å². The summed E-state index contributed by atoms with van der Waals surface area (Å²) in [4.78, 5) is 16.7. The summed E-state index contributed by atoms with van der Waals surface area (Å²) in [6, 6.07) is 10.6. The Hall–Kier alpha value is -2.65. The van der Waals surface area contributed by atoms with Crippen molar-refractivity contribution in [2.24, 2.45) is 5.92 Å². The van der Waals surface area contributed by atoms with Crippen molar-refractivity contribution in [2.45, 2.75) is 26.3 Å². The monoisotopic (exact) mass is 432 g/mol. The van der Waals surface area contributed by atoms with Gasteiger partial charge in [0.25, 0.3) is 0 Å². The summed E-state index contributed by atoms with van der Waals surface area (Å²) in [6.45, 7) is 3.05. The summed E-state index contributed by atoms with van der Waals surface area (Å²) >= 11 is 0. The lowest BCUT2D eigenvalue weighted by atomic mass is 9.99. The van der Waals surface area contributed by atoms with Gasteiger partial charge in [0.05, 0.1) is 18.7 Å². The van der Waals surface area contributed by atoms with E-state index in [2.05, 4.69) is 10.3 Å². The second kappa shape index (κ2) is 9.90. The van der Waals surface area contributed by atoms with Gasteiger partial charge in [0.1, 0.15) is 5.75 Å². The number of pyridine rings is 1. The number of aromatic nitrogens is 1. The van der Waals surface area contributed by atoms with E-state index < -0.39 is 10.2 Å². The summed E-state index contributed by atoms with van der Waals surface area (Å²) in [5.41, 5.74) is 1.48. The van der Waals surface area contributed by atoms with Gasteiger partial charge in [-0.15, -0.1) is 0 Å². The van der Waals surface area contributed by atoms with Crippen LogP contribution in [0.25, 0.3) is 0 Å². The van der Waals surface area contributed by atoms with Gasteiger partial charge in [0, 0.05) is 38.6 Å². The van der Waals surface area contributed by atoms with E-state index >= 15 is 0 Å². The number of hydrogen-bond donors (Lipinski definition) is 1. The molecule has 1 saturated heterocycles. The van der Waals surface area contributed by atoms with E-state index in [1.807, 2.05) is 12.1 Å². The summed E-state index contributed by atoms with van der Waals surface area (Å²) in [5, 5.41) is 2.90. The highest BCUT2D eigenvalue weighted by atomic mass is 32.2. The number of carbonyl (C=O) groups is 1. The molecule has 0 unspecified atom stereocenters. The largest absolute Gasteiger partial charge is 0.497 e. The van der Waals surface area contributed by atoms with Crippen LogP contribution in [0.2, 0.25) is 0 Å². The van der Waals surface area contributed by atoms with Gasteiger partial charge in [-0.05, 0) is 55.7 Å². The molecule has 1 atom stereocenters. The summed E-state index contributed by atoms with van der Waals surface area (Å²) < 4.78 is 34.5. The zero-order valence-electron chi connectivity index (χ0n) is 17.3. The Morgan fingerprint density at radius 3 is 2.70 bits per heavy atom. The van der Waals surface area contributed by atoms with Crippen molar-refractivity contribution in [3.63, 3.8) is 0 Å². The number of piperidine rings is 1. The molecule has 8 nitrogen and oxygen atoms in total. The predicted molar refractivity (Wildman–Crippen MR) is 115 cm³/mol. The Labute approximate surface area is 178 Å². The molecule has 9 heteroatoms. The van der Waals surface area contributed by atoms with Gasteiger partial charge < -0.3 is 10.1 Å². The third kappa shape index (κ3) is 5.09. The average molecular weight is 433 g/mol. The number of methoxy groups -OCH3 is 1. The van der Waals surface area contributed by atoms with Crippen LogP contribution >= 0.6 is 0 Å². The first-order chi connectivity index (χ1) is 14.5. The zero-order valence-corrected chi connectivity index (χ0v) is 18.1. The minimum absolute atomic E-state index is 0.133. The summed E-state index contributed by atoms with van der Waals surface area (Å²) in [5.74, 6) is 0.154. The standard InChI is InChI=1S/C21H28N4O4S/c1-3-25(19-8-10-20(29-2)11-9-19)30(27,28)24-13-5-7-18(16-24)21(26)23-15-17-6-4-12-22-14-17/h4,6,8-12,14,18H,3,5,7,13,15-16H2,1-2H3,(H,23,26)/t18-/m1/s1. The van der Waals surface area contributed by atoms with E-state index in [9.17, 15) is 13.2 Å². The Morgan fingerprint density at radius 2 is 2.07 bits per heavy atom. The molecule has 0 bridgehead atoms. The third-order valence-electron chi connectivity index (χ3n) is 5.20. The van der Waals surface area contributed by atoms with E-state index in [0.717, 1.165) is 5.56 Å². The molecule has 1 aromatic carbocycles. The van der Waals surface area contributed by atoms with Gasteiger partial charge in [0.15, 0.2) is 0 Å². The Kier molecular flexibility index (Phi) is 7.28. The smallest absolute Gasteiger partial charge is 0.304 e. The second-order valence-electron chi connectivity index (χ2n) is 7.15. The van der Waals surface area contributed by atoms with Crippen LogP contribution in [0.5, 0.6) is 5.75 Å². The summed E-state index contributed by atoms with van der Waals surface area (Å²) in [7, 11) is -2.18. The number of nitrogens with one attached hydrogen (secondary N) is 1. The van der Waals surface area contributed by atoms with E-state index in [1.165, 1.54) is 8.61 Å². The molecular weight excluding hydrogens is 404 g/mol. The maximum Gasteiger partial charge on any atom is 0.304 e. The third-order valence-corrected chi connectivity index (χ3v) is 7.21. The first kappa shape index (κ1) is 22.0. The van der Waals surface area contributed by atoms with Crippen molar-refractivity contribution >= 4 is 21.8 Å². The van der Waals surface area contributed by atoms with Crippen LogP contribution in [0.15, 0.2) is 48.8 Å². The van der Waals surface area contributed by atoms with E-state index in [-0.39, 0.29) is 18.4 Å². The van der Waals surface area contributed by atoms with E-state index in [1.54, 1.807) is 50.7 Å². The maximum absolute atomic E-state index is 13.3. The van der Waals surface area contributed by atoms with Crippen molar-refractivity contribution in [2.75, 3.05) is 31.0 Å². The maximum atomic E-state index is 13.3. The van der Waals surface area contributed by atoms with E-state index in [0.29, 0.717) is 43.9 Å². The van der Waals surface area contributed by atoms with Crippen molar-refractivity contribution in [3.8, 4) is 5.75 Å². The van der Waals surface area contributed by atoms with Crippen molar-refractivity contribution in [1.82, 2.24) is 14.6 Å². The Balaban J connectivity index is 1.68. The van der Waals surface area contributed by atoms with Crippen LogP contribution in [-0.4, -0.2) is 50.4 Å². The molecule has 162 valence electrons. The molecule has 1 amide bonds. The fourth-order valence-corrected chi connectivity index (χ4v) is 5.29. The van der Waals surface area contributed by atoms with Gasteiger partial charge in [0.2, 0.25) is 5.91 Å². The van der Waals surface area contributed by atoms with E-state index in [4.69, 9.17) is 4.74 Å². The second-order valence-corrected chi connectivity index (χ2v) is 9.00. The molecule has 1 N–H and O–H groups in total. The zero-order chi connectivity index (χ0) is 21.6. The topological polar surface area (TPSA) is 91.8 Å². The molecule has 1 aliphatic heterocycles. The molecule has 2 aromatic rings. The molecular formula is C21H28N4O4S. The number of rotatable bonds is 8. The van der Waals surface area contributed by atoms with Crippen LogP contribution in [0.3, 0.4) is 0 Å². The fourth-order valence-electron chi connectivity index (χ4n) is 3.57. The van der Waals surface area contributed by atoms with Crippen LogP contribution in [-0.2, 0) is 21.5 Å². The van der Waals surface area contributed by atoms with Crippen LogP contribution in [0.1, 0.15) is 25.3 Å². The molecule has 1 aliphatic rings. The number of ether oxygens (including phenoxy) is 1. The molecule has 0 spiro atoms. The SMILES string of the molecule is CCN(c1ccc(OC)cc1)S(=O)(=O)N1CCC[C@@H](C(=O)NCc2cccnc2)C1. The first-order valence-corrected chi connectivity index (χ1v) is 11.4. The fraction of sp³-hybridized carbons (Fsp3) is 0.429. The van der Waals surface area contributed by atoms with Crippen molar-refractivity contribution in [3.05, 3.63) is 54.4 Å². The average Bonchev–Trinajstić information content (AvgIpc) is 2.79. The molecule has 0 saturated carbocycles. The normalized spacial score (nSPS) is 17.3. The highest BCUT2D eigenvalue weighted by Gasteiger charge is 2.35. The molecule has 0 aliphatic carbocycles. The van der Waals surface area contributed by atoms with Crippen molar-refractivity contribution < 1.29 is 17.9 Å². The highest BCUT2D eigenvalue weighted by Crippen LogP contribution is 2.26. The van der Waals surface area contributed by atoms with Gasteiger partial charge in [-0.3, -0.25) is 14.1 Å². The quantitative estimate of drug-likeness (QED) is 0.690. The van der Waals surface area contributed by atoms with Gasteiger partial charge in [-0.2, -0.15) is 12.7 Å². The lowest BCUT2D eigenvalue weighted by molar-refractivity contribution is -0.126. The number of benzene rings is 1. The minimum Gasteiger partial charge on any atom is -0.497 e. The number of nitrogens with zero attached hydrogens (tertiary/aromatic N) is 3.